The molecule has 5 heteroatoms. The van der Waals surface area contributed by atoms with Crippen LogP contribution in [0.25, 0.3) is 0 Å². The van der Waals surface area contributed by atoms with Gasteiger partial charge in [-0.25, -0.2) is 4.39 Å². The summed E-state index contributed by atoms with van der Waals surface area (Å²) in [4.78, 5) is 15.1. The zero-order valence-corrected chi connectivity index (χ0v) is 9.58. The molecule has 0 atom stereocenters. The summed E-state index contributed by atoms with van der Waals surface area (Å²) in [7, 11) is 0. The summed E-state index contributed by atoms with van der Waals surface area (Å²) in [6, 6.07) is 1.85. The summed E-state index contributed by atoms with van der Waals surface area (Å²) < 4.78 is 12.8. The molecule has 4 nitrogen and oxygen atoms in total. The van der Waals surface area contributed by atoms with Crippen molar-refractivity contribution in [3.05, 3.63) is 29.8 Å². The lowest BCUT2D eigenvalue weighted by Gasteiger charge is -2.05. The van der Waals surface area contributed by atoms with Gasteiger partial charge in [0.1, 0.15) is 5.82 Å². The number of hydrogen-bond acceptors (Lipinski definition) is 3. The molecule has 0 radical (unpaired) electrons. The van der Waals surface area contributed by atoms with Crippen molar-refractivity contribution in [1.82, 2.24) is 15.6 Å². The van der Waals surface area contributed by atoms with Crippen LogP contribution in [0.15, 0.2) is 18.5 Å². The summed E-state index contributed by atoms with van der Waals surface area (Å²) in [6.45, 7) is 1.12. The van der Waals surface area contributed by atoms with Crippen molar-refractivity contribution in [2.75, 3.05) is 6.54 Å². The Labute approximate surface area is 99.6 Å². The fourth-order valence-corrected chi connectivity index (χ4v) is 1.51. The van der Waals surface area contributed by atoms with Crippen LogP contribution in [-0.4, -0.2) is 23.5 Å². The summed E-state index contributed by atoms with van der Waals surface area (Å²) in [5.41, 5.74) is 0.785. The maximum Gasteiger partial charge on any atom is 0.221 e. The number of aromatic nitrogens is 1. The summed E-state index contributed by atoms with van der Waals surface area (Å²) in [6.07, 6.45) is 5.45. The molecule has 1 aliphatic rings. The van der Waals surface area contributed by atoms with Crippen molar-refractivity contribution in [3.8, 4) is 0 Å². The Morgan fingerprint density at radius 1 is 1.47 bits per heavy atom. The number of halogens is 1. The van der Waals surface area contributed by atoms with E-state index < -0.39 is 0 Å². The Morgan fingerprint density at radius 2 is 2.29 bits per heavy atom. The van der Waals surface area contributed by atoms with Crippen molar-refractivity contribution in [1.29, 1.82) is 0 Å². The molecule has 1 heterocycles. The first-order chi connectivity index (χ1) is 8.24. The molecule has 0 unspecified atom stereocenters. The van der Waals surface area contributed by atoms with Gasteiger partial charge in [-0.1, -0.05) is 0 Å². The van der Waals surface area contributed by atoms with E-state index in [0.717, 1.165) is 18.4 Å². The number of carbonyl (C=O) groups is 1. The Hall–Kier alpha value is -1.49. The molecule has 0 spiro atoms. The van der Waals surface area contributed by atoms with Crippen LogP contribution in [0.5, 0.6) is 0 Å². The van der Waals surface area contributed by atoms with Gasteiger partial charge in [0.2, 0.25) is 5.91 Å². The van der Waals surface area contributed by atoms with E-state index in [1.807, 2.05) is 0 Å². The van der Waals surface area contributed by atoms with Gasteiger partial charge >= 0.3 is 0 Å². The number of rotatable bonds is 6. The predicted molar refractivity (Wildman–Crippen MR) is 61.7 cm³/mol. The predicted octanol–water partition coefficient (Wildman–Crippen LogP) is 0.979. The minimum Gasteiger partial charge on any atom is -0.353 e. The number of amides is 1. The normalized spacial score (nSPS) is 14.6. The van der Waals surface area contributed by atoms with E-state index >= 15 is 0 Å². The van der Waals surface area contributed by atoms with Crippen LogP contribution < -0.4 is 10.6 Å². The van der Waals surface area contributed by atoms with Gasteiger partial charge in [-0.05, 0) is 24.5 Å². The highest BCUT2D eigenvalue weighted by Crippen LogP contribution is 2.18. The molecule has 1 fully saturated rings. The molecule has 92 valence electrons. The van der Waals surface area contributed by atoms with Crippen LogP contribution in [-0.2, 0) is 11.3 Å². The third-order valence-corrected chi connectivity index (χ3v) is 2.56. The lowest BCUT2D eigenvalue weighted by Crippen LogP contribution is -2.29. The molecule has 0 aliphatic heterocycles. The van der Waals surface area contributed by atoms with E-state index in [-0.39, 0.29) is 11.7 Å². The number of carbonyl (C=O) groups excluding carboxylic acids is 1. The molecule has 0 aromatic carbocycles. The first kappa shape index (κ1) is 12.0. The maximum atomic E-state index is 12.8. The van der Waals surface area contributed by atoms with Gasteiger partial charge in [-0.2, -0.15) is 0 Å². The molecule has 2 rings (SSSR count). The average molecular weight is 237 g/mol. The van der Waals surface area contributed by atoms with Gasteiger partial charge in [-0.15, -0.1) is 0 Å². The number of hydrogen-bond donors (Lipinski definition) is 2. The Balaban J connectivity index is 1.60. The van der Waals surface area contributed by atoms with Gasteiger partial charge in [-0.3, -0.25) is 9.78 Å². The second-order valence-corrected chi connectivity index (χ2v) is 4.28. The van der Waals surface area contributed by atoms with Crippen LogP contribution in [0.1, 0.15) is 24.8 Å². The fraction of sp³-hybridized carbons (Fsp3) is 0.500. The molecular weight excluding hydrogens is 221 g/mol. The van der Waals surface area contributed by atoms with Crippen molar-refractivity contribution < 1.29 is 9.18 Å². The molecule has 1 aromatic heterocycles. The highest BCUT2D eigenvalue weighted by Gasteiger charge is 2.22. The summed E-state index contributed by atoms with van der Waals surface area (Å²) >= 11 is 0. The maximum absolute atomic E-state index is 12.8. The molecule has 1 aliphatic carbocycles. The van der Waals surface area contributed by atoms with E-state index in [1.54, 1.807) is 6.20 Å². The van der Waals surface area contributed by atoms with Crippen molar-refractivity contribution >= 4 is 5.91 Å². The third-order valence-electron chi connectivity index (χ3n) is 2.56. The van der Waals surface area contributed by atoms with Gasteiger partial charge < -0.3 is 10.6 Å². The van der Waals surface area contributed by atoms with E-state index in [0.29, 0.717) is 25.6 Å². The Morgan fingerprint density at radius 3 is 3.00 bits per heavy atom. The second kappa shape index (κ2) is 5.72. The molecule has 1 aromatic rings. The fourth-order valence-electron chi connectivity index (χ4n) is 1.51. The molecule has 17 heavy (non-hydrogen) atoms. The second-order valence-electron chi connectivity index (χ2n) is 4.28. The largest absolute Gasteiger partial charge is 0.353 e. The summed E-state index contributed by atoms with van der Waals surface area (Å²) in [5, 5.41) is 6.00. The van der Waals surface area contributed by atoms with E-state index in [2.05, 4.69) is 15.6 Å². The van der Waals surface area contributed by atoms with E-state index in [1.165, 1.54) is 12.3 Å². The van der Waals surface area contributed by atoms with Gasteiger partial charge in [0.15, 0.2) is 0 Å². The van der Waals surface area contributed by atoms with Gasteiger partial charge in [0.25, 0.3) is 0 Å². The molecule has 1 saturated carbocycles. The molecule has 2 N–H and O–H groups in total. The zero-order chi connectivity index (χ0) is 12.1. The van der Waals surface area contributed by atoms with Crippen LogP contribution in [0.2, 0.25) is 0 Å². The van der Waals surface area contributed by atoms with Crippen LogP contribution in [0.4, 0.5) is 4.39 Å². The SMILES string of the molecule is O=C(CCNCc1cncc(F)c1)NC1CC1. The molecule has 0 saturated heterocycles. The van der Waals surface area contributed by atoms with Gasteiger partial charge in [0, 0.05) is 31.7 Å². The monoisotopic (exact) mass is 237 g/mol. The first-order valence-electron chi connectivity index (χ1n) is 5.83. The Kier molecular flexibility index (Phi) is 4.03. The lowest BCUT2D eigenvalue weighted by atomic mass is 10.3. The quantitative estimate of drug-likeness (QED) is 0.725. The van der Waals surface area contributed by atoms with Crippen molar-refractivity contribution in [3.63, 3.8) is 0 Å². The average Bonchev–Trinajstić information content (AvgIpc) is 3.08. The molecular formula is C12H16FN3O. The zero-order valence-electron chi connectivity index (χ0n) is 9.58. The van der Waals surface area contributed by atoms with Crippen LogP contribution in [0.3, 0.4) is 0 Å². The highest BCUT2D eigenvalue weighted by molar-refractivity contribution is 5.76. The lowest BCUT2D eigenvalue weighted by molar-refractivity contribution is -0.121. The topological polar surface area (TPSA) is 54.0 Å². The minimum atomic E-state index is -0.337. The minimum absolute atomic E-state index is 0.0809. The van der Waals surface area contributed by atoms with E-state index in [9.17, 15) is 9.18 Å². The standard InChI is InChI=1S/C12H16FN3O/c13-10-5-9(7-15-8-10)6-14-4-3-12(17)16-11-1-2-11/h5,7-8,11,14H,1-4,6H2,(H,16,17). The first-order valence-corrected chi connectivity index (χ1v) is 5.83. The van der Waals surface area contributed by atoms with Crippen molar-refractivity contribution in [2.45, 2.75) is 31.8 Å². The van der Waals surface area contributed by atoms with Gasteiger partial charge in [0.05, 0.1) is 6.20 Å². The smallest absolute Gasteiger partial charge is 0.221 e. The molecule has 0 bridgehead atoms. The number of nitrogens with zero attached hydrogens (tertiary/aromatic N) is 1. The Bertz CT molecular complexity index is 393. The van der Waals surface area contributed by atoms with E-state index in [4.69, 9.17) is 0 Å². The third kappa shape index (κ3) is 4.48. The summed E-state index contributed by atoms with van der Waals surface area (Å²) in [5.74, 6) is -0.256. The van der Waals surface area contributed by atoms with Crippen molar-refractivity contribution in [2.24, 2.45) is 0 Å². The number of pyridine rings is 1. The highest BCUT2D eigenvalue weighted by atomic mass is 19.1. The number of nitrogens with one attached hydrogen (secondary N) is 2. The molecule has 1 amide bonds. The van der Waals surface area contributed by atoms with Crippen LogP contribution in [0, 0.1) is 5.82 Å². The van der Waals surface area contributed by atoms with Crippen LogP contribution >= 0.6 is 0 Å².